The van der Waals surface area contributed by atoms with Crippen molar-refractivity contribution in [1.29, 1.82) is 0 Å². The molecule has 0 amide bonds. The zero-order valence-corrected chi connectivity index (χ0v) is 15.1. The third-order valence-corrected chi connectivity index (χ3v) is 6.07. The monoisotopic (exact) mass is 345 g/mol. The molecule has 1 aromatic rings. The molecule has 4 heteroatoms. The molecule has 2 heterocycles. The number of nitrogens with zero attached hydrogens (tertiary/aromatic N) is 1. The summed E-state index contributed by atoms with van der Waals surface area (Å²) >= 11 is 0. The summed E-state index contributed by atoms with van der Waals surface area (Å²) in [6, 6.07) is 11.3. The first-order valence-electron chi connectivity index (χ1n) is 9.99. The fourth-order valence-corrected chi connectivity index (χ4v) is 4.54. The summed E-state index contributed by atoms with van der Waals surface area (Å²) in [6.45, 7) is 5.70. The topological polar surface area (TPSA) is 30.9 Å². The number of rotatable bonds is 6. The molecular weight excluding hydrogens is 314 g/mol. The van der Waals surface area contributed by atoms with Gasteiger partial charge in [-0.1, -0.05) is 30.3 Å². The van der Waals surface area contributed by atoms with Gasteiger partial charge in [0.1, 0.15) is 0 Å². The van der Waals surface area contributed by atoms with E-state index in [0.717, 1.165) is 65.2 Å². The highest BCUT2D eigenvalue weighted by Crippen LogP contribution is 2.33. The maximum atomic E-state index is 6.32. The molecule has 4 nitrogen and oxygen atoms in total. The van der Waals surface area contributed by atoms with Crippen LogP contribution in [0.4, 0.5) is 0 Å². The quantitative estimate of drug-likeness (QED) is 0.793. The number of ether oxygens (including phenoxy) is 3. The molecule has 0 unspecified atom stereocenters. The third-order valence-electron chi connectivity index (χ3n) is 6.07. The van der Waals surface area contributed by atoms with Crippen LogP contribution in [-0.4, -0.2) is 62.7 Å². The molecule has 25 heavy (non-hydrogen) atoms. The average molecular weight is 345 g/mol. The molecule has 0 N–H and O–H groups in total. The summed E-state index contributed by atoms with van der Waals surface area (Å²) in [5.74, 6) is 0.672. The predicted octanol–water partition coefficient (Wildman–Crippen LogP) is 2.90. The number of hydrogen-bond donors (Lipinski definition) is 0. The molecule has 2 saturated heterocycles. The highest BCUT2D eigenvalue weighted by molar-refractivity contribution is 5.15. The minimum absolute atomic E-state index is 0.268. The SMILES string of the molecule is c1ccc(CCN2CCO[C@H]3[C@H](OCC4CCOCC4)CC[C@@H]32)cc1. The van der Waals surface area contributed by atoms with Gasteiger partial charge in [-0.05, 0) is 43.6 Å². The minimum atomic E-state index is 0.268. The Balaban J connectivity index is 1.27. The van der Waals surface area contributed by atoms with Crippen LogP contribution in [0, 0.1) is 5.92 Å². The molecule has 4 rings (SSSR count). The molecule has 138 valence electrons. The van der Waals surface area contributed by atoms with E-state index in [-0.39, 0.29) is 12.2 Å². The van der Waals surface area contributed by atoms with Crippen LogP contribution >= 0.6 is 0 Å². The van der Waals surface area contributed by atoms with E-state index in [0.29, 0.717) is 12.0 Å². The molecule has 0 radical (unpaired) electrons. The van der Waals surface area contributed by atoms with Crippen molar-refractivity contribution < 1.29 is 14.2 Å². The van der Waals surface area contributed by atoms with Crippen LogP contribution < -0.4 is 0 Å². The van der Waals surface area contributed by atoms with Crippen molar-refractivity contribution in [3.8, 4) is 0 Å². The van der Waals surface area contributed by atoms with E-state index in [1.54, 1.807) is 0 Å². The van der Waals surface area contributed by atoms with Crippen molar-refractivity contribution in [3.05, 3.63) is 35.9 Å². The Morgan fingerprint density at radius 2 is 1.84 bits per heavy atom. The van der Waals surface area contributed by atoms with Crippen LogP contribution in [0.3, 0.4) is 0 Å². The molecule has 3 atom stereocenters. The van der Waals surface area contributed by atoms with Crippen molar-refractivity contribution in [3.63, 3.8) is 0 Å². The Labute approximate surface area is 151 Å². The molecule has 2 aliphatic heterocycles. The minimum Gasteiger partial charge on any atom is -0.381 e. The molecule has 0 spiro atoms. The highest BCUT2D eigenvalue weighted by Gasteiger charge is 2.43. The normalized spacial score (nSPS) is 31.1. The van der Waals surface area contributed by atoms with Gasteiger partial charge in [-0.3, -0.25) is 4.90 Å². The second kappa shape index (κ2) is 8.63. The van der Waals surface area contributed by atoms with Crippen LogP contribution in [0.2, 0.25) is 0 Å². The van der Waals surface area contributed by atoms with E-state index in [1.807, 2.05) is 0 Å². The second-order valence-corrected chi connectivity index (χ2v) is 7.68. The third kappa shape index (κ3) is 4.43. The Hall–Kier alpha value is -0.940. The van der Waals surface area contributed by atoms with Gasteiger partial charge < -0.3 is 14.2 Å². The zero-order chi connectivity index (χ0) is 16.9. The molecule has 1 aliphatic carbocycles. The lowest BCUT2D eigenvalue weighted by molar-refractivity contribution is -0.120. The summed E-state index contributed by atoms with van der Waals surface area (Å²) in [6.07, 6.45) is 6.31. The molecule has 0 bridgehead atoms. The highest BCUT2D eigenvalue weighted by atomic mass is 16.5. The largest absolute Gasteiger partial charge is 0.381 e. The average Bonchev–Trinajstić information content (AvgIpc) is 3.10. The Morgan fingerprint density at radius 1 is 1.00 bits per heavy atom. The lowest BCUT2D eigenvalue weighted by atomic mass is 10.0. The Morgan fingerprint density at radius 3 is 2.68 bits per heavy atom. The molecular formula is C21H31NO3. The van der Waals surface area contributed by atoms with Crippen molar-refractivity contribution >= 4 is 0 Å². The van der Waals surface area contributed by atoms with Gasteiger partial charge in [-0.25, -0.2) is 0 Å². The van der Waals surface area contributed by atoms with E-state index in [9.17, 15) is 0 Å². The van der Waals surface area contributed by atoms with Crippen LogP contribution in [-0.2, 0) is 20.6 Å². The second-order valence-electron chi connectivity index (χ2n) is 7.68. The maximum absolute atomic E-state index is 6.32. The van der Waals surface area contributed by atoms with Gasteiger partial charge in [0.25, 0.3) is 0 Å². The summed E-state index contributed by atoms with van der Waals surface area (Å²) in [4.78, 5) is 2.64. The zero-order valence-electron chi connectivity index (χ0n) is 15.1. The lowest BCUT2D eigenvalue weighted by Gasteiger charge is -2.39. The summed E-state index contributed by atoms with van der Waals surface area (Å²) in [5.41, 5.74) is 1.43. The van der Waals surface area contributed by atoms with E-state index in [1.165, 1.54) is 12.0 Å². The number of hydrogen-bond acceptors (Lipinski definition) is 4. The van der Waals surface area contributed by atoms with E-state index in [2.05, 4.69) is 35.2 Å². The lowest BCUT2D eigenvalue weighted by Crippen LogP contribution is -2.52. The molecule has 1 saturated carbocycles. The molecule has 3 aliphatic rings. The van der Waals surface area contributed by atoms with Crippen LogP contribution in [0.1, 0.15) is 31.2 Å². The fourth-order valence-electron chi connectivity index (χ4n) is 4.54. The van der Waals surface area contributed by atoms with Gasteiger partial charge in [0.15, 0.2) is 0 Å². The summed E-state index contributed by atoms with van der Waals surface area (Å²) in [7, 11) is 0. The molecule has 3 fully saturated rings. The van der Waals surface area contributed by atoms with Crippen molar-refractivity contribution in [2.45, 2.75) is 50.4 Å². The van der Waals surface area contributed by atoms with Gasteiger partial charge in [-0.2, -0.15) is 0 Å². The Kier molecular flexibility index (Phi) is 6.03. The van der Waals surface area contributed by atoms with Crippen molar-refractivity contribution in [1.82, 2.24) is 4.90 Å². The van der Waals surface area contributed by atoms with E-state index in [4.69, 9.17) is 14.2 Å². The summed E-state index contributed by atoms with van der Waals surface area (Å²) < 4.78 is 17.9. The predicted molar refractivity (Wildman–Crippen MR) is 97.8 cm³/mol. The first-order chi connectivity index (χ1) is 12.4. The summed E-state index contributed by atoms with van der Waals surface area (Å²) in [5, 5.41) is 0. The maximum Gasteiger partial charge on any atom is 0.0991 e. The van der Waals surface area contributed by atoms with Crippen molar-refractivity contribution in [2.75, 3.05) is 39.5 Å². The van der Waals surface area contributed by atoms with E-state index < -0.39 is 0 Å². The smallest absolute Gasteiger partial charge is 0.0991 e. The van der Waals surface area contributed by atoms with E-state index >= 15 is 0 Å². The van der Waals surface area contributed by atoms with Gasteiger partial charge in [0, 0.05) is 32.3 Å². The van der Waals surface area contributed by atoms with Gasteiger partial charge in [0.2, 0.25) is 0 Å². The number of morpholine rings is 1. The molecule has 1 aromatic carbocycles. The van der Waals surface area contributed by atoms with Gasteiger partial charge in [-0.15, -0.1) is 0 Å². The number of fused-ring (bicyclic) bond motifs is 1. The Bertz CT molecular complexity index is 517. The van der Waals surface area contributed by atoms with Crippen LogP contribution in [0.5, 0.6) is 0 Å². The van der Waals surface area contributed by atoms with Crippen LogP contribution in [0.15, 0.2) is 30.3 Å². The van der Waals surface area contributed by atoms with Crippen molar-refractivity contribution in [2.24, 2.45) is 5.92 Å². The van der Waals surface area contributed by atoms with Gasteiger partial charge in [0.05, 0.1) is 25.4 Å². The standard InChI is InChI=1S/C21H31NO3/c1-2-4-17(5-3-1)8-11-22-12-15-24-21-19(22)6-7-20(21)25-16-18-9-13-23-14-10-18/h1-5,18-21H,6-16H2/t19-,20+,21+/m0/s1. The fraction of sp³-hybridized carbons (Fsp3) is 0.714. The number of benzene rings is 1. The van der Waals surface area contributed by atoms with Crippen LogP contribution in [0.25, 0.3) is 0 Å². The first-order valence-corrected chi connectivity index (χ1v) is 9.99. The molecule has 0 aromatic heterocycles. The first kappa shape index (κ1) is 17.5. The van der Waals surface area contributed by atoms with Gasteiger partial charge >= 0.3 is 0 Å².